The zero-order chi connectivity index (χ0) is 25.4. The number of pyridine rings is 1. The van der Waals surface area contributed by atoms with E-state index in [0.717, 1.165) is 17.4 Å². The molecule has 0 aliphatic carbocycles. The highest BCUT2D eigenvalue weighted by Crippen LogP contribution is 2.42. The number of halogens is 2. The molecule has 0 atom stereocenters. The van der Waals surface area contributed by atoms with Crippen LogP contribution in [0.1, 0.15) is 34.5 Å². The number of amides is 1. The number of benzene rings is 2. The van der Waals surface area contributed by atoms with Crippen molar-refractivity contribution in [2.45, 2.75) is 25.8 Å². The van der Waals surface area contributed by atoms with Gasteiger partial charge >= 0.3 is 5.97 Å². The van der Waals surface area contributed by atoms with Gasteiger partial charge in [0.25, 0.3) is 6.43 Å². The Bertz CT molecular complexity index is 1480. The number of aryl methyl sites for hydroxylation is 1. The number of carbonyl (C=O) groups excluding carboxylic acids is 1. The van der Waals surface area contributed by atoms with Crippen LogP contribution in [0.4, 0.5) is 20.3 Å². The highest BCUT2D eigenvalue weighted by atomic mass is 19.3. The predicted molar refractivity (Wildman–Crippen MR) is 131 cm³/mol. The lowest BCUT2D eigenvalue weighted by Gasteiger charge is -2.32. The first-order chi connectivity index (χ1) is 17.4. The third kappa shape index (κ3) is 4.26. The maximum Gasteiger partial charge on any atom is 0.354 e. The fraction of sp³-hybridized carbons (Fsp3) is 0.231. The van der Waals surface area contributed by atoms with Crippen LogP contribution in [0, 0.1) is 0 Å². The summed E-state index contributed by atoms with van der Waals surface area (Å²) < 4.78 is 30.0. The summed E-state index contributed by atoms with van der Waals surface area (Å²) in [7, 11) is 1.51. The first kappa shape index (κ1) is 23.4. The van der Waals surface area contributed by atoms with Gasteiger partial charge < -0.3 is 15.3 Å². The Morgan fingerprint density at radius 2 is 2.00 bits per heavy atom. The Kier molecular flexibility index (Phi) is 6.09. The molecule has 0 unspecified atom stereocenters. The van der Waals surface area contributed by atoms with Gasteiger partial charge in [0.15, 0.2) is 5.69 Å². The predicted octanol–water partition coefficient (Wildman–Crippen LogP) is 4.56. The normalized spacial score (nSPS) is 13.2. The van der Waals surface area contributed by atoms with Crippen LogP contribution >= 0.6 is 0 Å². The summed E-state index contributed by atoms with van der Waals surface area (Å²) in [6, 6.07) is 12.0. The molecule has 0 saturated carbocycles. The molecule has 5 rings (SSSR count). The number of fused-ring (bicyclic) bond motifs is 2. The number of likely N-dealkylation sites (N-methyl/N-ethyl adjacent to an activating group) is 1. The molecular formula is C26H23F2N5O3. The first-order valence-corrected chi connectivity index (χ1v) is 11.4. The Morgan fingerprint density at radius 1 is 1.19 bits per heavy atom. The second-order valence-electron chi connectivity index (χ2n) is 8.58. The topological polar surface area (TPSA) is 100 Å². The maximum absolute atomic E-state index is 14.3. The second kappa shape index (κ2) is 9.37. The molecule has 0 saturated heterocycles. The van der Waals surface area contributed by atoms with Crippen molar-refractivity contribution in [1.82, 2.24) is 20.1 Å². The molecule has 2 aromatic carbocycles. The molecule has 0 fully saturated rings. The number of hydrogen-bond acceptors (Lipinski definition) is 5. The number of carboxylic acid groups (broad SMARTS) is 1. The summed E-state index contributed by atoms with van der Waals surface area (Å²) in [5.74, 6) is -0.974. The van der Waals surface area contributed by atoms with Gasteiger partial charge in [-0.3, -0.25) is 9.48 Å². The lowest BCUT2D eigenvalue weighted by molar-refractivity contribution is -0.121. The summed E-state index contributed by atoms with van der Waals surface area (Å²) in [5.41, 5.74) is 2.00. The van der Waals surface area contributed by atoms with Crippen molar-refractivity contribution in [3.05, 3.63) is 71.7 Å². The minimum atomic E-state index is -2.76. The van der Waals surface area contributed by atoms with Crippen LogP contribution in [0.3, 0.4) is 0 Å². The Balaban J connectivity index is 1.64. The van der Waals surface area contributed by atoms with E-state index in [4.69, 9.17) is 0 Å². The molecular weight excluding hydrogens is 468 g/mol. The number of carbonyl (C=O) groups is 2. The average molecular weight is 491 g/mol. The number of rotatable bonds is 6. The lowest BCUT2D eigenvalue weighted by atomic mass is 9.93. The number of hydrogen-bond donors (Lipinski definition) is 2. The molecule has 8 nitrogen and oxygen atoms in total. The van der Waals surface area contributed by atoms with Gasteiger partial charge in [0, 0.05) is 42.0 Å². The van der Waals surface area contributed by atoms with E-state index >= 15 is 0 Å². The van der Waals surface area contributed by atoms with Crippen molar-refractivity contribution in [3.63, 3.8) is 0 Å². The molecule has 1 aliphatic rings. The number of aromatic carboxylic acids is 1. The minimum absolute atomic E-state index is 0.0160. The summed E-state index contributed by atoms with van der Waals surface area (Å²) in [6.45, 7) is 0.497. The van der Waals surface area contributed by atoms with E-state index in [1.165, 1.54) is 30.1 Å². The lowest BCUT2D eigenvalue weighted by Crippen LogP contribution is -2.26. The van der Waals surface area contributed by atoms with E-state index < -0.39 is 12.4 Å². The fourth-order valence-electron chi connectivity index (χ4n) is 4.61. The largest absolute Gasteiger partial charge is 0.477 e. The van der Waals surface area contributed by atoms with Gasteiger partial charge in [-0.1, -0.05) is 24.3 Å². The summed E-state index contributed by atoms with van der Waals surface area (Å²) >= 11 is 0. The van der Waals surface area contributed by atoms with Gasteiger partial charge in [0.1, 0.15) is 12.4 Å². The van der Waals surface area contributed by atoms with E-state index in [0.29, 0.717) is 41.0 Å². The number of aromatic nitrogens is 3. The van der Waals surface area contributed by atoms with E-state index in [1.54, 1.807) is 12.3 Å². The van der Waals surface area contributed by atoms with Gasteiger partial charge in [-0.25, -0.2) is 18.6 Å². The number of nitrogens with zero attached hydrogens (tertiary/aromatic N) is 4. The van der Waals surface area contributed by atoms with Crippen LogP contribution in [-0.2, 0) is 17.8 Å². The van der Waals surface area contributed by atoms with Crippen molar-refractivity contribution >= 4 is 34.2 Å². The summed E-state index contributed by atoms with van der Waals surface area (Å²) in [6.07, 6.45) is 1.71. The van der Waals surface area contributed by atoms with Crippen molar-refractivity contribution < 1.29 is 23.5 Å². The van der Waals surface area contributed by atoms with Gasteiger partial charge in [-0.2, -0.15) is 5.10 Å². The van der Waals surface area contributed by atoms with Crippen LogP contribution in [0.2, 0.25) is 0 Å². The molecule has 36 heavy (non-hydrogen) atoms. The van der Waals surface area contributed by atoms with Gasteiger partial charge in [0.05, 0.1) is 6.20 Å². The van der Waals surface area contributed by atoms with Gasteiger partial charge in [0.2, 0.25) is 5.91 Å². The van der Waals surface area contributed by atoms with E-state index in [1.807, 2.05) is 29.2 Å². The van der Waals surface area contributed by atoms with Crippen molar-refractivity contribution in [3.8, 4) is 11.1 Å². The molecule has 1 amide bonds. The quantitative estimate of drug-likeness (QED) is 0.410. The van der Waals surface area contributed by atoms with Crippen molar-refractivity contribution in [2.24, 2.45) is 0 Å². The van der Waals surface area contributed by atoms with Crippen LogP contribution in [-0.4, -0.2) is 45.3 Å². The highest BCUT2D eigenvalue weighted by molar-refractivity contribution is 5.99. The Labute approximate surface area is 205 Å². The standard InChI is InChI=1S/C26H23F2N5O3/c1-29-23(34)14-32-13-17(12-30-32)19-9-16-6-4-8-33(22(16)11-20(19)24(27)28)25-18-7-3-2-5-15(18)10-21(31-25)26(35)36/h2-3,5,7,9-13,24H,4,6,8,14H2,1H3,(H,29,34)(H,35,36). The zero-order valence-electron chi connectivity index (χ0n) is 19.4. The second-order valence-corrected chi connectivity index (χ2v) is 8.58. The zero-order valence-corrected chi connectivity index (χ0v) is 19.4. The Morgan fingerprint density at radius 3 is 2.75 bits per heavy atom. The minimum Gasteiger partial charge on any atom is -0.477 e. The first-order valence-electron chi connectivity index (χ1n) is 11.4. The number of alkyl halides is 2. The molecule has 1 aliphatic heterocycles. The number of carboxylic acids is 1. The smallest absolute Gasteiger partial charge is 0.354 e. The fourth-order valence-corrected chi connectivity index (χ4v) is 4.61. The van der Waals surface area contributed by atoms with E-state index in [-0.39, 0.29) is 23.7 Å². The molecule has 184 valence electrons. The van der Waals surface area contributed by atoms with Crippen LogP contribution < -0.4 is 10.2 Å². The van der Waals surface area contributed by atoms with Crippen LogP contribution in [0.15, 0.2) is 54.9 Å². The molecule has 10 heteroatoms. The number of nitrogens with one attached hydrogen (secondary N) is 1. The van der Waals surface area contributed by atoms with Gasteiger partial charge in [-0.05, 0) is 47.6 Å². The third-order valence-corrected chi connectivity index (χ3v) is 6.33. The van der Waals surface area contributed by atoms with Crippen molar-refractivity contribution in [2.75, 3.05) is 18.5 Å². The summed E-state index contributed by atoms with van der Waals surface area (Å²) in [5, 5.41) is 17.7. The third-order valence-electron chi connectivity index (χ3n) is 6.33. The molecule has 2 aromatic heterocycles. The molecule has 2 N–H and O–H groups in total. The average Bonchev–Trinajstić information content (AvgIpc) is 3.34. The van der Waals surface area contributed by atoms with Crippen molar-refractivity contribution in [1.29, 1.82) is 0 Å². The van der Waals surface area contributed by atoms with Crippen LogP contribution in [0.25, 0.3) is 21.9 Å². The molecule has 0 bridgehead atoms. The highest BCUT2D eigenvalue weighted by Gasteiger charge is 2.27. The van der Waals surface area contributed by atoms with Crippen LogP contribution in [0.5, 0.6) is 0 Å². The summed E-state index contributed by atoms with van der Waals surface area (Å²) in [4.78, 5) is 29.7. The monoisotopic (exact) mass is 491 g/mol. The molecule has 3 heterocycles. The molecule has 0 radical (unpaired) electrons. The van der Waals surface area contributed by atoms with E-state index in [9.17, 15) is 23.5 Å². The number of anilines is 2. The maximum atomic E-state index is 14.3. The molecule has 0 spiro atoms. The SMILES string of the molecule is CNC(=O)Cn1cc(-c2cc3c(cc2C(F)F)N(c2nc(C(=O)O)cc4ccccc24)CCC3)cn1. The van der Waals surface area contributed by atoms with Gasteiger partial charge in [-0.15, -0.1) is 0 Å². The molecule has 4 aromatic rings. The Hall–Kier alpha value is -4.34. The van der Waals surface area contributed by atoms with E-state index in [2.05, 4.69) is 15.4 Å².